The van der Waals surface area contributed by atoms with Gasteiger partial charge in [-0.05, 0) is 37.1 Å². The molecule has 5 nitrogen and oxygen atoms in total. The SMILES string of the molecule is Cc1cc(NC(=O)NC2CCOC2)ccc1O. The highest BCUT2D eigenvalue weighted by atomic mass is 16.5. The molecule has 1 aromatic rings. The summed E-state index contributed by atoms with van der Waals surface area (Å²) in [4.78, 5) is 11.6. The van der Waals surface area contributed by atoms with Crippen molar-refractivity contribution in [1.29, 1.82) is 0 Å². The lowest BCUT2D eigenvalue weighted by Gasteiger charge is -2.12. The van der Waals surface area contributed by atoms with E-state index in [1.165, 1.54) is 0 Å². The summed E-state index contributed by atoms with van der Waals surface area (Å²) in [5.41, 5.74) is 1.39. The van der Waals surface area contributed by atoms with Crippen molar-refractivity contribution in [3.63, 3.8) is 0 Å². The molecule has 3 N–H and O–H groups in total. The highest BCUT2D eigenvalue weighted by Crippen LogP contribution is 2.20. The highest BCUT2D eigenvalue weighted by Gasteiger charge is 2.17. The number of ether oxygens (including phenoxy) is 1. The van der Waals surface area contributed by atoms with E-state index >= 15 is 0 Å². The van der Waals surface area contributed by atoms with Gasteiger partial charge in [-0.2, -0.15) is 0 Å². The molecule has 1 heterocycles. The van der Waals surface area contributed by atoms with E-state index in [0.717, 1.165) is 12.0 Å². The quantitative estimate of drug-likeness (QED) is 0.683. The van der Waals surface area contributed by atoms with Crippen LogP contribution in [0, 0.1) is 6.92 Å². The van der Waals surface area contributed by atoms with E-state index < -0.39 is 0 Å². The van der Waals surface area contributed by atoms with Crippen molar-refractivity contribution in [2.45, 2.75) is 19.4 Å². The minimum Gasteiger partial charge on any atom is -0.508 e. The number of amides is 2. The lowest BCUT2D eigenvalue weighted by atomic mass is 10.2. The summed E-state index contributed by atoms with van der Waals surface area (Å²) in [7, 11) is 0. The minimum absolute atomic E-state index is 0.0909. The molecule has 1 atom stereocenters. The molecule has 1 fully saturated rings. The predicted octanol–water partition coefficient (Wildman–Crippen LogP) is 1.61. The smallest absolute Gasteiger partial charge is 0.319 e. The molecular formula is C12H16N2O3. The number of phenols is 1. The first-order valence-electron chi connectivity index (χ1n) is 5.60. The number of anilines is 1. The standard InChI is InChI=1S/C12H16N2O3/c1-8-6-9(2-3-11(8)15)13-12(16)14-10-4-5-17-7-10/h2-3,6,10,15H,4-5,7H2,1H3,(H2,13,14,16). The summed E-state index contributed by atoms with van der Waals surface area (Å²) < 4.78 is 5.17. The number of aromatic hydroxyl groups is 1. The molecule has 1 saturated heterocycles. The van der Waals surface area contributed by atoms with Gasteiger partial charge in [0, 0.05) is 12.3 Å². The minimum atomic E-state index is -0.245. The van der Waals surface area contributed by atoms with Crippen molar-refractivity contribution in [2.75, 3.05) is 18.5 Å². The van der Waals surface area contributed by atoms with E-state index in [9.17, 15) is 9.90 Å². The summed E-state index contributed by atoms with van der Waals surface area (Å²) in [6, 6.07) is 4.79. The van der Waals surface area contributed by atoms with Crippen molar-refractivity contribution in [3.8, 4) is 5.75 Å². The molecule has 0 aliphatic carbocycles. The van der Waals surface area contributed by atoms with Crippen LogP contribution in [0.4, 0.5) is 10.5 Å². The number of carbonyl (C=O) groups excluding carboxylic acids is 1. The van der Waals surface area contributed by atoms with Gasteiger partial charge in [-0.15, -0.1) is 0 Å². The molecule has 0 bridgehead atoms. The third kappa shape index (κ3) is 3.10. The van der Waals surface area contributed by atoms with Gasteiger partial charge < -0.3 is 20.5 Å². The Morgan fingerprint density at radius 1 is 1.53 bits per heavy atom. The zero-order valence-corrected chi connectivity index (χ0v) is 9.69. The van der Waals surface area contributed by atoms with Crippen LogP contribution >= 0.6 is 0 Å². The van der Waals surface area contributed by atoms with Crippen LogP contribution in [-0.2, 0) is 4.74 Å². The predicted molar refractivity (Wildman–Crippen MR) is 64.2 cm³/mol. The number of phenolic OH excluding ortho intramolecular Hbond substituents is 1. The number of benzene rings is 1. The fraction of sp³-hybridized carbons (Fsp3) is 0.417. The highest BCUT2D eigenvalue weighted by molar-refractivity contribution is 5.89. The van der Waals surface area contributed by atoms with Crippen molar-refractivity contribution in [3.05, 3.63) is 23.8 Å². The number of hydrogen-bond donors (Lipinski definition) is 3. The van der Waals surface area contributed by atoms with Crippen molar-refractivity contribution >= 4 is 11.7 Å². The number of aryl methyl sites for hydroxylation is 1. The normalized spacial score (nSPS) is 19.0. The Morgan fingerprint density at radius 2 is 2.35 bits per heavy atom. The van der Waals surface area contributed by atoms with Gasteiger partial charge in [-0.3, -0.25) is 0 Å². The zero-order chi connectivity index (χ0) is 12.3. The largest absolute Gasteiger partial charge is 0.508 e. The average Bonchev–Trinajstić information content (AvgIpc) is 2.76. The lowest BCUT2D eigenvalue weighted by molar-refractivity contribution is 0.189. The number of carbonyl (C=O) groups is 1. The van der Waals surface area contributed by atoms with E-state index in [4.69, 9.17) is 4.74 Å². The van der Waals surface area contributed by atoms with E-state index in [0.29, 0.717) is 18.9 Å². The number of urea groups is 1. The first kappa shape index (κ1) is 11.7. The third-order valence-corrected chi connectivity index (χ3v) is 2.72. The second-order valence-corrected chi connectivity index (χ2v) is 4.16. The number of hydrogen-bond acceptors (Lipinski definition) is 3. The second-order valence-electron chi connectivity index (χ2n) is 4.16. The fourth-order valence-corrected chi connectivity index (χ4v) is 1.73. The summed E-state index contributed by atoms with van der Waals surface area (Å²) in [6.45, 7) is 3.05. The van der Waals surface area contributed by atoms with Gasteiger partial charge in [-0.25, -0.2) is 4.79 Å². The maximum absolute atomic E-state index is 11.6. The van der Waals surface area contributed by atoms with Gasteiger partial charge in [0.05, 0.1) is 12.6 Å². The maximum atomic E-state index is 11.6. The molecule has 1 aliphatic rings. The van der Waals surface area contributed by atoms with Crippen LogP contribution in [-0.4, -0.2) is 30.4 Å². The van der Waals surface area contributed by atoms with Crippen LogP contribution in [0.15, 0.2) is 18.2 Å². The van der Waals surface area contributed by atoms with E-state index in [1.807, 2.05) is 0 Å². The summed E-state index contributed by atoms with van der Waals surface area (Å²) in [6.07, 6.45) is 0.849. The van der Waals surface area contributed by atoms with Crippen molar-refractivity contribution in [1.82, 2.24) is 5.32 Å². The Kier molecular flexibility index (Phi) is 3.49. The van der Waals surface area contributed by atoms with Gasteiger partial charge in [-0.1, -0.05) is 0 Å². The lowest BCUT2D eigenvalue weighted by Crippen LogP contribution is -2.38. The van der Waals surface area contributed by atoms with Crippen LogP contribution in [0.5, 0.6) is 5.75 Å². The van der Waals surface area contributed by atoms with Crippen LogP contribution in [0.2, 0.25) is 0 Å². The topological polar surface area (TPSA) is 70.6 Å². The first-order valence-corrected chi connectivity index (χ1v) is 5.60. The van der Waals surface area contributed by atoms with Crippen LogP contribution in [0.3, 0.4) is 0 Å². The Morgan fingerprint density at radius 3 is 3.00 bits per heavy atom. The average molecular weight is 236 g/mol. The van der Waals surface area contributed by atoms with Crippen LogP contribution < -0.4 is 10.6 Å². The zero-order valence-electron chi connectivity index (χ0n) is 9.69. The van der Waals surface area contributed by atoms with Gasteiger partial charge >= 0.3 is 6.03 Å². The van der Waals surface area contributed by atoms with Gasteiger partial charge in [0.25, 0.3) is 0 Å². The first-order chi connectivity index (χ1) is 8.15. The molecule has 2 amide bonds. The summed E-state index contributed by atoms with van der Waals surface area (Å²) in [5, 5.41) is 14.9. The molecular weight excluding hydrogens is 220 g/mol. The Labute approximate surface area is 99.8 Å². The Balaban J connectivity index is 1.90. The molecule has 2 rings (SSSR count). The molecule has 0 saturated carbocycles. The van der Waals surface area contributed by atoms with Gasteiger partial charge in [0.15, 0.2) is 0 Å². The van der Waals surface area contributed by atoms with Crippen LogP contribution in [0.25, 0.3) is 0 Å². The molecule has 5 heteroatoms. The fourth-order valence-electron chi connectivity index (χ4n) is 1.73. The molecule has 0 spiro atoms. The molecule has 1 aliphatic heterocycles. The van der Waals surface area contributed by atoms with Crippen LogP contribution in [0.1, 0.15) is 12.0 Å². The molecule has 0 radical (unpaired) electrons. The molecule has 92 valence electrons. The molecule has 1 unspecified atom stereocenters. The van der Waals surface area contributed by atoms with E-state index in [2.05, 4.69) is 10.6 Å². The summed E-state index contributed by atoms with van der Waals surface area (Å²) in [5.74, 6) is 0.222. The Bertz CT molecular complexity index is 414. The number of rotatable bonds is 2. The van der Waals surface area contributed by atoms with Crippen molar-refractivity contribution < 1.29 is 14.6 Å². The van der Waals surface area contributed by atoms with E-state index in [-0.39, 0.29) is 17.8 Å². The second kappa shape index (κ2) is 5.05. The maximum Gasteiger partial charge on any atom is 0.319 e. The number of nitrogens with one attached hydrogen (secondary N) is 2. The molecule has 0 aromatic heterocycles. The van der Waals surface area contributed by atoms with Gasteiger partial charge in [0.1, 0.15) is 5.75 Å². The monoisotopic (exact) mass is 236 g/mol. The summed E-state index contributed by atoms with van der Waals surface area (Å²) >= 11 is 0. The Hall–Kier alpha value is -1.75. The third-order valence-electron chi connectivity index (χ3n) is 2.72. The van der Waals surface area contributed by atoms with E-state index in [1.54, 1.807) is 25.1 Å². The molecule has 1 aromatic carbocycles. The van der Waals surface area contributed by atoms with Gasteiger partial charge in [0.2, 0.25) is 0 Å². The van der Waals surface area contributed by atoms with Crippen molar-refractivity contribution in [2.24, 2.45) is 0 Å². The molecule has 17 heavy (non-hydrogen) atoms.